The van der Waals surface area contributed by atoms with Crippen LogP contribution in [0.2, 0.25) is 0 Å². The summed E-state index contributed by atoms with van der Waals surface area (Å²) in [6.07, 6.45) is 2.94. The summed E-state index contributed by atoms with van der Waals surface area (Å²) in [6, 6.07) is 22.1. The van der Waals surface area contributed by atoms with Gasteiger partial charge in [0.25, 0.3) is 11.8 Å². The minimum atomic E-state index is -1.28. The molecule has 0 fully saturated rings. The number of amides is 2. The molecular formula is C28H27N4O4-. The van der Waals surface area contributed by atoms with E-state index in [0.717, 1.165) is 24.3 Å². The van der Waals surface area contributed by atoms with Crippen LogP contribution < -0.4 is 20.7 Å². The lowest BCUT2D eigenvalue weighted by Gasteiger charge is -2.20. The molecule has 3 rings (SSSR count). The number of nitrogens with zero attached hydrogens (tertiary/aromatic N) is 2. The van der Waals surface area contributed by atoms with Crippen LogP contribution in [-0.2, 0) is 4.79 Å². The van der Waals surface area contributed by atoms with Crippen LogP contribution in [0.15, 0.2) is 89.7 Å². The molecule has 184 valence electrons. The molecule has 0 atom stereocenters. The summed E-state index contributed by atoms with van der Waals surface area (Å²) >= 11 is 0. The van der Waals surface area contributed by atoms with Crippen LogP contribution in [0.4, 0.5) is 5.69 Å². The van der Waals surface area contributed by atoms with Crippen molar-refractivity contribution < 1.29 is 19.5 Å². The number of carbonyl (C=O) groups excluding carboxylic acids is 3. The van der Waals surface area contributed by atoms with Crippen molar-refractivity contribution in [1.82, 2.24) is 10.7 Å². The number of hydrogen-bond acceptors (Lipinski definition) is 6. The van der Waals surface area contributed by atoms with Crippen molar-refractivity contribution in [3.8, 4) is 0 Å². The van der Waals surface area contributed by atoms with E-state index in [0.29, 0.717) is 11.1 Å². The molecule has 0 aromatic heterocycles. The molecule has 0 aliphatic heterocycles. The van der Waals surface area contributed by atoms with Crippen molar-refractivity contribution in [1.29, 1.82) is 0 Å². The minimum Gasteiger partial charge on any atom is -0.545 e. The Kier molecular flexibility index (Phi) is 9.11. The molecule has 3 aromatic rings. The van der Waals surface area contributed by atoms with Gasteiger partial charge in [-0.05, 0) is 60.9 Å². The summed E-state index contributed by atoms with van der Waals surface area (Å²) in [5.74, 6) is -2.32. The lowest BCUT2D eigenvalue weighted by Crippen LogP contribution is -2.32. The van der Waals surface area contributed by atoms with Crippen molar-refractivity contribution in [2.75, 3.05) is 18.0 Å². The number of carboxylic acids is 1. The molecule has 0 saturated carbocycles. The van der Waals surface area contributed by atoms with Crippen molar-refractivity contribution in [2.45, 2.75) is 13.8 Å². The summed E-state index contributed by atoms with van der Waals surface area (Å²) in [6.45, 7) is 5.91. The molecule has 0 heterocycles. The van der Waals surface area contributed by atoms with Crippen molar-refractivity contribution in [2.24, 2.45) is 5.10 Å². The molecule has 8 heteroatoms. The fourth-order valence-electron chi connectivity index (χ4n) is 3.41. The molecule has 36 heavy (non-hydrogen) atoms. The highest BCUT2D eigenvalue weighted by atomic mass is 16.4. The summed E-state index contributed by atoms with van der Waals surface area (Å²) in [5.41, 5.74) is 5.23. The van der Waals surface area contributed by atoms with Gasteiger partial charge in [-0.25, -0.2) is 5.43 Å². The maximum Gasteiger partial charge on any atom is 0.287 e. The number of rotatable bonds is 10. The van der Waals surface area contributed by atoms with E-state index in [-0.39, 0.29) is 11.3 Å². The van der Waals surface area contributed by atoms with Crippen molar-refractivity contribution in [3.05, 3.63) is 107 Å². The van der Waals surface area contributed by atoms with Gasteiger partial charge >= 0.3 is 0 Å². The molecular weight excluding hydrogens is 456 g/mol. The Morgan fingerprint density at radius 1 is 0.833 bits per heavy atom. The second-order valence-corrected chi connectivity index (χ2v) is 7.75. The number of benzene rings is 3. The molecule has 2 amide bonds. The van der Waals surface area contributed by atoms with E-state index in [1.165, 1.54) is 30.5 Å². The molecule has 2 N–H and O–H groups in total. The zero-order valence-electron chi connectivity index (χ0n) is 20.1. The van der Waals surface area contributed by atoms with E-state index >= 15 is 0 Å². The molecule has 0 radical (unpaired) electrons. The predicted octanol–water partition coefficient (Wildman–Crippen LogP) is 2.82. The molecule has 0 unspecified atom stereocenters. The standard InChI is InChI=1S/C28H28N4O4/c1-3-32(4-2)24-16-12-20(13-17-24)18-25(30-26(33)22-8-6-5-7-9-22)27(34)31-29-19-21-10-14-23(15-11-21)28(35)36/h5-19H,3-4H2,1-2H3,(H,30,33)(H,31,34)(H,35,36)/p-1/b25-18+,29-19-. The van der Waals surface area contributed by atoms with Crippen LogP contribution in [0.25, 0.3) is 6.08 Å². The quantitative estimate of drug-likeness (QED) is 0.262. The van der Waals surface area contributed by atoms with Gasteiger partial charge in [-0.1, -0.05) is 54.6 Å². The summed E-state index contributed by atoms with van der Waals surface area (Å²) in [4.78, 5) is 38.7. The SMILES string of the molecule is CCN(CC)c1ccc(/C=C(/NC(=O)c2ccccc2)C(=O)N/N=C\c2ccc(C(=O)[O-])cc2)cc1. The summed E-state index contributed by atoms with van der Waals surface area (Å²) in [5, 5.41) is 17.5. The number of nitrogens with one attached hydrogen (secondary N) is 2. The Bertz CT molecular complexity index is 1250. The highest BCUT2D eigenvalue weighted by molar-refractivity contribution is 6.05. The predicted molar refractivity (Wildman–Crippen MR) is 138 cm³/mol. The maximum absolute atomic E-state index is 12.9. The Labute approximate surface area is 210 Å². The van der Waals surface area contributed by atoms with Gasteiger partial charge in [0.1, 0.15) is 5.70 Å². The number of carbonyl (C=O) groups is 3. The number of carboxylic acid groups (broad SMARTS) is 1. The topological polar surface area (TPSA) is 114 Å². The van der Waals surface area contributed by atoms with Crippen LogP contribution in [0.3, 0.4) is 0 Å². The van der Waals surface area contributed by atoms with Crippen LogP contribution in [0.1, 0.15) is 45.7 Å². The van der Waals surface area contributed by atoms with E-state index in [4.69, 9.17) is 0 Å². The van der Waals surface area contributed by atoms with E-state index in [2.05, 4.69) is 34.6 Å². The summed E-state index contributed by atoms with van der Waals surface area (Å²) < 4.78 is 0. The van der Waals surface area contributed by atoms with E-state index < -0.39 is 17.8 Å². The van der Waals surface area contributed by atoms with Crippen LogP contribution in [-0.4, -0.2) is 37.1 Å². The van der Waals surface area contributed by atoms with E-state index in [1.54, 1.807) is 36.4 Å². The summed E-state index contributed by atoms with van der Waals surface area (Å²) in [7, 11) is 0. The monoisotopic (exact) mass is 483 g/mol. The van der Waals surface area contributed by atoms with Crippen LogP contribution >= 0.6 is 0 Å². The van der Waals surface area contributed by atoms with Gasteiger partial charge in [0.15, 0.2) is 0 Å². The second kappa shape index (κ2) is 12.7. The van der Waals surface area contributed by atoms with Gasteiger partial charge in [0.2, 0.25) is 0 Å². The largest absolute Gasteiger partial charge is 0.545 e. The zero-order chi connectivity index (χ0) is 25.9. The average Bonchev–Trinajstić information content (AvgIpc) is 2.90. The Hall–Kier alpha value is -4.72. The lowest BCUT2D eigenvalue weighted by atomic mass is 10.1. The van der Waals surface area contributed by atoms with E-state index in [1.807, 2.05) is 24.3 Å². The Morgan fingerprint density at radius 3 is 2.03 bits per heavy atom. The Morgan fingerprint density at radius 2 is 1.44 bits per heavy atom. The lowest BCUT2D eigenvalue weighted by molar-refractivity contribution is -0.255. The molecule has 3 aromatic carbocycles. The molecule has 0 aliphatic carbocycles. The van der Waals surface area contributed by atoms with Gasteiger partial charge in [-0.3, -0.25) is 9.59 Å². The van der Waals surface area contributed by atoms with Gasteiger partial charge in [-0.15, -0.1) is 0 Å². The maximum atomic E-state index is 12.9. The van der Waals surface area contributed by atoms with Crippen molar-refractivity contribution >= 4 is 35.8 Å². The number of aromatic carboxylic acids is 1. The number of hydrogen-bond donors (Lipinski definition) is 2. The average molecular weight is 484 g/mol. The first kappa shape index (κ1) is 25.9. The first-order valence-electron chi connectivity index (χ1n) is 11.5. The fraction of sp³-hybridized carbons (Fsp3) is 0.143. The third-order valence-electron chi connectivity index (χ3n) is 5.39. The van der Waals surface area contributed by atoms with Gasteiger partial charge in [0, 0.05) is 24.3 Å². The third-order valence-corrected chi connectivity index (χ3v) is 5.39. The second-order valence-electron chi connectivity index (χ2n) is 7.75. The normalized spacial score (nSPS) is 11.2. The highest BCUT2D eigenvalue weighted by Crippen LogP contribution is 2.16. The molecule has 8 nitrogen and oxygen atoms in total. The highest BCUT2D eigenvalue weighted by Gasteiger charge is 2.14. The third kappa shape index (κ3) is 7.14. The molecule has 0 aliphatic rings. The van der Waals surface area contributed by atoms with Crippen LogP contribution in [0, 0.1) is 0 Å². The first-order valence-corrected chi connectivity index (χ1v) is 11.5. The van der Waals surface area contributed by atoms with Gasteiger partial charge in [0.05, 0.1) is 12.2 Å². The smallest absolute Gasteiger partial charge is 0.287 e. The number of anilines is 1. The van der Waals surface area contributed by atoms with Gasteiger partial charge in [-0.2, -0.15) is 5.10 Å². The first-order chi connectivity index (χ1) is 17.4. The van der Waals surface area contributed by atoms with Gasteiger partial charge < -0.3 is 20.1 Å². The fourth-order valence-corrected chi connectivity index (χ4v) is 3.41. The molecule has 0 spiro atoms. The number of hydrazone groups is 1. The van der Waals surface area contributed by atoms with E-state index in [9.17, 15) is 19.5 Å². The Balaban J connectivity index is 1.80. The van der Waals surface area contributed by atoms with Crippen molar-refractivity contribution in [3.63, 3.8) is 0 Å². The molecule has 0 bridgehead atoms. The molecule has 0 saturated heterocycles. The van der Waals surface area contributed by atoms with Crippen LogP contribution in [0.5, 0.6) is 0 Å². The zero-order valence-corrected chi connectivity index (χ0v) is 20.1. The minimum absolute atomic E-state index is 0.0175.